The number of nitrogens with one attached hydrogen (secondary N) is 1. The van der Waals surface area contributed by atoms with Crippen molar-refractivity contribution < 1.29 is 27.1 Å². The molecular weight excluding hydrogens is 401 g/mol. The van der Waals surface area contributed by atoms with Crippen LogP contribution in [0.1, 0.15) is 22.8 Å². The van der Waals surface area contributed by atoms with Gasteiger partial charge in [-0.25, -0.2) is 8.78 Å². The zero-order valence-electron chi connectivity index (χ0n) is 15.9. The molecule has 1 atom stereocenters. The van der Waals surface area contributed by atoms with Crippen LogP contribution in [0.15, 0.2) is 66.7 Å². The van der Waals surface area contributed by atoms with E-state index in [1.807, 2.05) is 0 Å². The Kier molecular flexibility index (Phi) is 6.84. The molecule has 0 fully saturated rings. The molecule has 3 aromatic rings. The van der Waals surface area contributed by atoms with Crippen molar-refractivity contribution in [3.05, 3.63) is 95.1 Å². The summed E-state index contributed by atoms with van der Waals surface area (Å²) >= 11 is 0. The topological polar surface area (TPSA) is 32.3 Å². The number of halogens is 5. The highest BCUT2D eigenvalue weighted by Crippen LogP contribution is 2.37. The molecule has 0 aromatic heterocycles. The Balaban J connectivity index is 1.62. The highest BCUT2D eigenvalue weighted by Gasteiger charge is 2.33. The third kappa shape index (κ3) is 5.23. The molecule has 0 aliphatic carbocycles. The van der Waals surface area contributed by atoms with Gasteiger partial charge in [0.1, 0.15) is 11.6 Å². The van der Waals surface area contributed by atoms with Crippen LogP contribution in [0.2, 0.25) is 0 Å². The van der Waals surface area contributed by atoms with E-state index in [4.69, 9.17) is 0 Å². The highest BCUT2D eigenvalue weighted by atomic mass is 19.4. The predicted octanol–water partition coefficient (Wildman–Crippen LogP) is 5.52. The molecule has 0 amide bonds. The molecule has 3 rings (SSSR count). The fraction of sp³-hybridized carbons (Fsp3) is 0.217. The van der Waals surface area contributed by atoms with Gasteiger partial charge in [0.15, 0.2) is 0 Å². The first-order valence-corrected chi connectivity index (χ1v) is 9.35. The first-order valence-electron chi connectivity index (χ1n) is 9.35. The molecular formula is C23H20F5NO. The molecule has 2 nitrogen and oxygen atoms in total. The molecule has 0 saturated heterocycles. The summed E-state index contributed by atoms with van der Waals surface area (Å²) in [6.07, 6.45) is -5.32. The Morgan fingerprint density at radius 3 is 2.27 bits per heavy atom. The zero-order chi connectivity index (χ0) is 21.7. The lowest BCUT2D eigenvalue weighted by Crippen LogP contribution is -2.24. The summed E-state index contributed by atoms with van der Waals surface area (Å²) in [5.41, 5.74) is -0.255. The molecule has 0 radical (unpaired) electrons. The van der Waals surface area contributed by atoms with E-state index in [2.05, 4.69) is 5.32 Å². The Hall–Kier alpha value is -2.77. The second kappa shape index (κ2) is 9.36. The van der Waals surface area contributed by atoms with Crippen LogP contribution in [0.25, 0.3) is 11.1 Å². The highest BCUT2D eigenvalue weighted by molar-refractivity contribution is 5.68. The van der Waals surface area contributed by atoms with Crippen LogP contribution < -0.4 is 5.32 Å². The van der Waals surface area contributed by atoms with Gasteiger partial charge < -0.3 is 10.4 Å². The van der Waals surface area contributed by atoms with Gasteiger partial charge in [0.2, 0.25) is 0 Å². The third-order valence-corrected chi connectivity index (χ3v) is 4.77. The van der Waals surface area contributed by atoms with E-state index in [1.165, 1.54) is 48.5 Å². The van der Waals surface area contributed by atoms with Crippen LogP contribution in [-0.2, 0) is 12.6 Å². The van der Waals surface area contributed by atoms with Crippen LogP contribution in [0.4, 0.5) is 22.0 Å². The summed E-state index contributed by atoms with van der Waals surface area (Å²) in [5.74, 6) is -1.12. The zero-order valence-corrected chi connectivity index (χ0v) is 15.9. The van der Waals surface area contributed by atoms with E-state index < -0.39 is 29.5 Å². The fourth-order valence-electron chi connectivity index (χ4n) is 3.22. The summed E-state index contributed by atoms with van der Waals surface area (Å²) in [6.45, 7) is 0.389. The summed E-state index contributed by atoms with van der Waals surface area (Å²) in [6, 6.07) is 14.9. The minimum atomic E-state index is -4.53. The van der Waals surface area contributed by atoms with Crippen molar-refractivity contribution in [2.24, 2.45) is 0 Å². The van der Waals surface area contributed by atoms with Gasteiger partial charge in [0.25, 0.3) is 0 Å². The van der Waals surface area contributed by atoms with E-state index in [0.717, 1.165) is 12.1 Å². The maximum absolute atomic E-state index is 14.5. The summed E-state index contributed by atoms with van der Waals surface area (Å²) in [7, 11) is 0. The SMILES string of the molecule is OC(CNCCc1ccc(-c2ccccc2C(F)(F)F)cc1F)c1ccccc1F. The standard InChI is InChI=1S/C23H20F5NO/c24-20-8-4-2-6-18(20)22(30)14-29-12-11-15-9-10-16(13-21(15)25)17-5-1-3-7-19(17)23(26,27)28/h1-10,13,22,29-30H,11-12,14H2. The Labute approximate surface area is 171 Å². The van der Waals surface area contributed by atoms with Crippen molar-refractivity contribution in [2.75, 3.05) is 13.1 Å². The van der Waals surface area contributed by atoms with Crippen molar-refractivity contribution in [2.45, 2.75) is 18.7 Å². The molecule has 0 aliphatic rings. The Bertz CT molecular complexity index is 1000. The number of hydrogen-bond donors (Lipinski definition) is 2. The Morgan fingerprint density at radius 1 is 0.867 bits per heavy atom. The largest absolute Gasteiger partial charge is 0.417 e. The van der Waals surface area contributed by atoms with Crippen molar-refractivity contribution in [1.82, 2.24) is 5.32 Å². The molecule has 2 N–H and O–H groups in total. The molecule has 0 aliphatic heterocycles. The lowest BCUT2D eigenvalue weighted by atomic mass is 9.97. The van der Waals surface area contributed by atoms with Gasteiger partial charge in [-0.1, -0.05) is 48.5 Å². The van der Waals surface area contributed by atoms with Crippen LogP contribution in [0.5, 0.6) is 0 Å². The van der Waals surface area contributed by atoms with Gasteiger partial charge in [-0.2, -0.15) is 13.2 Å². The van der Waals surface area contributed by atoms with Gasteiger partial charge in [0, 0.05) is 12.1 Å². The fourth-order valence-corrected chi connectivity index (χ4v) is 3.22. The first-order chi connectivity index (χ1) is 14.3. The Morgan fingerprint density at radius 2 is 1.57 bits per heavy atom. The quantitative estimate of drug-likeness (QED) is 0.389. The minimum Gasteiger partial charge on any atom is -0.387 e. The van der Waals surface area contributed by atoms with Gasteiger partial charge in [0.05, 0.1) is 11.7 Å². The molecule has 0 spiro atoms. The number of benzene rings is 3. The van der Waals surface area contributed by atoms with Crippen LogP contribution in [-0.4, -0.2) is 18.2 Å². The number of rotatable bonds is 7. The lowest BCUT2D eigenvalue weighted by Gasteiger charge is -2.14. The maximum atomic E-state index is 14.5. The smallest absolute Gasteiger partial charge is 0.387 e. The van der Waals surface area contributed by atoms with E-state index >= 15 is 0 Å². The third-order valence-electron chi connectivity index (χ3n) is 4.77. The number of aliphatic hydroxyl groups is 1. The average Bonchev–Trinajstić information content (AvgIpc) is 2.71. The normalized spacial score (nSPS) is 12.7. The van der Waals surface area contributed by atoms with Crippen molar-refractivity contribution >= 4 is 0 Å². The summed E-state index contributed by atoms with van der Waals surface area (Å²) in [5, 5.41) is 13.0. The molecule has 7 heteroatoms. The van der Waals surface area contributed by atoms with Crippen molar-refractivity contribution in [3.63, 3.8) is 0 Å². The van der Waals surface area contributed by atoms with Crippen LogP contribution >= 0.6 is 0 Å². The maximum Gasteiger partial charge on any atom is 0.417 e. The number of hydrogen-bond acceptors (Lipinski definition) is 2. The molecule has 30 heavy (non-hydrogen) atoms. The van der Waals surface area contributed by atoms with Gasteiger partial charge in [-0.3, -0.25) is 0 Å². The molecule has 0 saturated carbocycles. The van der Waals surface area contributed by atoms with Gasteiger partial charge in [-0.05, 0) is 47.9 Å². The van der Waals surface area contributed by atoms with Crippen LogP contribution in [0.3, 0.4) is 0 Å². The summed E-state index contributed by atoms with van der Waals surface area (Å²) in [4.78, 5) is 0. The van der Waals surface area contributed by atoms with E-state index in [9.17, 15) is 27.1 Å². The number of aliphatic hydroxyl groups excluding tert-OH is 1. The first kappa shape index (κ1) is 21.9. The minimum absolute atomic E-state index is 0.0819. The van der Waals surface area contributed by atoms with Crippen molar-refractivity contribution in [3.8, 4) is 11.1 Å². The van der Waals surface area contributed by atoms with Gasteiger partial charge >= 0.3 is 6.18 Å². The van der Waals surface area contributed by atoms with Crippen molar-refractivity contribution in [1.29, 1.82) is 0 Å². The second-order valence-corrected chi connectivity index (χ2v) is 6.84. The molecule has 158 valence electrons. The second-order valence-electron chi connectivity index (χ2n) is 6.84. The van der Waals surface area contributed by atoms with Gasteiger partial charge in [-0.15, -0.1) is 0 Å². The van der Waals surface area contributed by atoms with E-state index in [1.54, 1.807) is 6.07 Å². The molecule has 3 aromatic carbocycles. The predicted molar refractivity (Wildman–Crippen MR) is 105 cm³/mol. The molecule has 1 unspecified atom stereocenters. The lowest BCUT2D eigenvalue weighted by molar-refractivity contribution is -0.137. The number of alkyl halides is 3. The molecule has 0 bridgehead atoms. The van der Waals surface area contributed by atoms with E-state index in [0.29, 0.717) is 12.1 Å². The molecule has 0 heterocycles. The van der Waals surface area contributed by atoms with E-state index in [-0.39, 0.29) is 29.7 Å². The van der Waals surface area contributed by atoms with Crippen LogP contribution in [0, 0.1) is 11.6 Å². The summed E-state index contributed by atoms with van der Waals surface area (Å²) < 4.78 is 67.7. The monoisotopic (exact) mass is 421 g/mol. The average molecular weight is 421 g/mol.